The number of hydrogen-bond acceptors (Lipinski definition) is 3. The van der Waals surface area contributed by atoms with Crippen LogP contribution in [0, 0.1) is 10.1 Å². The third-order valence-corrected chi connectivity index (χ3v) is 1.78. The number of aromatic carboxylic acids is 1. The fraction of sp³-hybridized carbons (Fsp3) is 0. The molecule has 0 spiro atoms. The molecule has 0 aliphatic carbocycles. The predicted molar refractivity (Wildman–Crippen MR) is 48.8 cm³/mol. The summed E-state index contributed by atoms with van der Waals surface area (Å²) in [5.41, 5.74) is -2.95. The van der Waals surface area contributed by atoms with Crippen molar-refractivity contribution in [2.45, 2.75) is 0 Å². The number of carboxylic acids is 1. The van der Waals surface area contributed by atoms with Gasteiger partial charge in [-0.1, -0.05) is 6.07 Å². The maximum Gasteiger partial charge on any atom is 1.00 e. The fourth-order valence-electron chi connectivity index (χ4n) is 1.05. The number of non-ortho nitro benzene ring substituents is 1. The second kappa shape index (κ2) is 5.96. The summed E-state index contributed by atoms with van der Waals surface area (Å²) >= 11 is 0. The van der Waals surface area contributed by atoms with Gasteiger partial charge in [-0.3, -0.25) is 10.1 Å². The Kier molecular flexibility index (Phi) is 5.81. The summed E-state index contributed by atoms with van der Waals surface area (Å²) in [6.45, 7) is -5.47. The van der Waals surface area contributed by atoms with E-state index in [-0.39, 0.29) is 51.4 Å². The molecular weight excluding hydrogens is 269 g/mol. The second-order valence-corrected chi connectivity index (χ2v) is 2.95. The minimum atomic E-state index is -5.47. The van der Waals surface area contributed by atoms with E-state index in [0.717, 1.165) is 0 Å². The van der Waals surface area contributed by atoms with Crippen LogP contribution in [0.5, 0.6) is 0 Å². The number of carbonyl (C=O) groups is 1. The van der Waals surface area contributed by atoms with Gasteiger partial charge in [0, 0.05) is 6.07 Å². The van der Waals surface area contributed by atoms with E-state index in [1.54, 1.807) is 0 Å². The zero-order chi connectivity index (χ0) is 12.5. The number of nitro groups is 1. The molecule has 0 unspecified atom stereocenters. The monoisotopic (exact) mass is 273 g/mol. The molecule has 0 saturated heterocycles. The molecule has 0 saturated carbocycles. The molecule has 10 heteroatoms. The summed E-state index contributed by atoms with van der Waals surface area (Å²) in [5.74, 6) is -1.65. The van der Waals surface area contributed by atoms with Gasteiger partial charge in [0.1, 0.15) is 0 Å². The average molecular weight is 273 g/mol. The van der Waals surface area contributed by atoms with E-state index in [0.29, 0.717) is 18.2 Å². The van der Waals surface area contributed by atoms with Gasteiger partial charge in [-0.25, -0.2) is 4.79 Å². The largest absolute Gasteiger partial charge is 1.00 e. The summed E-state index contributed by atoms with van der Waals surface area (Å²) in [6, 6.07) is 1.26. The molecule has 0 fully saturated rings. The Morgan fingerprint density at radius 2 is 1.82 bits per heavy atom. The van der Waals surface area contributed by atoms with Crippen molar-refractivity contribution < 1.29 is 79.2 Å². The van der Waals surface area contributed by atoms with Crippen LogP contribution in [-0.2, 0) is 0 Å². The van der Waals surface area contributed by atoms with Crippen molar-refractivity contribution in [2.24, 2.45) is 0 Å². The first kappa shape index (κ1) is 16.6. The van der Waals surface area contributed by atoms with Crippen LogP contribution in [0.25, 0.3) is 0 Å². The number of carboxylic acid groups (broad SMARTS) is 1. The van der Waals surface area contributed by atoms with Crippen molar-refractivity contribution in [1.82, 2.24) is 0 Å². The Labute approximate surface area is 136 Å². The molecular formula is C7H4BF3KNO4. The summed E-state index contributed by atoms with van der Waals surface area (Å²) in [7, 11) is 0. The van der Waals surface area contributed by atoms with Gasteiger partial charge in [0.25, 0.3) is 5.69 Å². The van der Waals surface area contributed by atoms with Gasteiger partial charge >= 0.3 is 64.3 Å². The first-order valence-corrected chi connectivity index (χ1v) is 3.94. The molecule has 0 bridgehead atoms. The number of benzene rings is 1. The predicted octanol–water partition coefficient (Wildman–Crippen LogP) is -1.65. The van der Waals surface area contributed by atoms with Crippen molar-refractivity contribution in [2.75, 3.05) is 0 Å². The SMILES string of the molecule is O=C(O)c1cc([N+](=O)[O-])cc([B-](F)(F)F)c1.[K+]. The first-order chi connectivity index (χ1) is 7.21. The quantitative estimate of drug-likeness (QED) is 0.406. The smallest absolute Gasteiger partial charge is 0.478 e. The van der Waals surface area contributed by atoms with Gasteiger partial charge in [-0.2, -0.15) is 0 Å². The van der Waals surface area contributed by atoms with Crippen molar-refractivity contribution in [3.8, 4) is 0 Å². The molecule has 0 atom stereocenters. The Morgan fingerprint density at radius 1 is 1.29 bits per heavy atom. The van der Waals surface area contributed by atoms with Crippen molar-refractivity contribution in [1.29, 1.82) is 0 Å². The number of nitrogens with zero attached hydrogens (tertiary/aromatic N) is 1. The molecule has 0 heterocycles. The molecule has 1 N–H and O–H groups in total. The van der Waals surface area contributed by atoms with Crippen LogP contribution in [0.3, 0.4) is 0 Å². The van der Waals surface area contributed by atoms with E-state index in [9.17, 15) is 27.9 Å². The minimum absolute atomic E-state index is 0. The molecule has 1 aromatic carbocycles. The van der Waals surface area contributed by atoms with Crippen LogP contribution in [0.2, 0.25) is 0 Å². The maximum atomic E-state index is 12.3. The zero-order valence-electron chi connectivity index (χ0n) is 8.56. The van der Waals surface area contributed by atoms with Crippen LogP contribution in [-0.4, -0.2) is 23.0 Å². The molecule has 0 aromatic heterocycles. The average Bonchev–Trinajstić information content (AvgIpc) is 2.15. The van der Waals surface area contributed by atoms with Gasteiger partial charge in [0.05, 0.1) is 10.5 Å². The van der Waals surface area contributed by atoms with E-state index < -0.39 is 34.6 Å². The number of nitro benzene ring substituents is 1. The van der Waals surface area contributed by atoms with Gasteiger partial charge in [0.2, 0.25) is 0 Å². The number of rotatable bonds is 3. The molecule has 0 amide bonds. The summed E-state index contributed by atoms with van der Waals surface area (Å²) < 4.78 is 37.0. The summed E-state index contributed by atoms with van der Waals surface area (Å²) in [6.07, 6.45) is 0. The second-order valence-electron chi connectivity index (χ2n) is 2.95. The van der Waals surface area contributed by atoms with Crippen molar-refractivity contribution in [3.05, 3.63) is 33.9 Å². The van der Waals surface area contributed by atoms with Crippen LogP contribution in [0.4, 0.5) is 18.6 Å². The Balaban J connectivity index is 0.00000256. The van der Waals surface area contributed by atoms with Crippen LogP contribution in [0.15, 0.2) is 18.2 Å². The third-order valence-electron chi connectivity index (χ3n) is 1.78. The fourth-order valence-corrected chi connectivity index (χ4v) is 1.05. The molecule has 1 aromatic rings. The summed E-state index contributed by atoms with van der Waals surface area (Å²) in [5, 5.41) is 18.8. The standard InChI is InChI=1S/C7H4BF3NO4.K/c9-8(10,11)5-1-4(7(13)14)2-6(3-5)12(15)16;/h1-3H,(H,13,14);/q-1;+1. The zero-order valence-corrected chi connectivity index (χ0v) is 11.7. The van der Waals surface area contributed by atoms with Crippen molar-refractivity contribution in [3.63, 3.8) is 0 Å². The van der Waals surface area contributed by atoms with E-state index in [1.807, 2.05) is 0 Å². The minimum Gasteiger partial charge on any atom is -0.478 e. The Morgan fingerprint density at radius 3 is 2.18 bits per heavy atom. The van der Waals surface area contributed by atoms with Gasteiger partial charge in [-0.15, -0.1) is 5.46 Å². The maximum absolute atomic E-state index is 12.3. The molecule has 0 radical (unpaired) electrons. The molecule has 0 aliphatic rings. The molecule has 0 aliphatic heterocycles. The topological polar surface area (TPSA) is 80.4 Å². The van der Waals surface area contributed by atoms with Crippen molar-refractivity contribution >= 4 is 24.1 Å². The molecule has 17 heavy (non-hydrogen) atoms. The number of hydrogen-bond donors (Lipinski definition) is 1. The van der Waals surface area contributed by atoms with Crippen LogP contribution >= 0.6 is 0 Å². The Hall–Kier alpha value is -0.419. The van der Waals surface area contributed by atoms with Crippen LogP contribution in [0.1, 0.15) is 10.4 Å². The Bertz CT molecular complexity index is 433. The van der Waals surface area contributed by atoms with Crippen LogP contribution < -0.4 is 56.8 Å². The van der Waals surface area contributed by atoms with E-state index in [1.165, 1.54) is 0 Å². The molecule has 86 valence electrons. The third kappa shape index (κ3) is 4.39. The van der Waals surface area contributed by atoms with E-state index >= 15 is 0 Å². The first-order valence-electron chi connectivity index (χ1n) is 3.94. The van der Waals surface area contributed by atoms with E-state index in [4.69, 9.17) is 5.11 Å². The summed E-state index contributed by atoms with van der Waals surface area (Å²) in [4.78, 5) is 19.7. The van der Waals surface area contributed by atoms with E-state index in [2.05, 4.69) is 0 Å². The van der Waals surface area contributed by atoms with Gasteiger partial charge in [0.15, 0.2) is 0 Å². The van der Waals surface area contributed by atoms with Gasteiger partial charge in [-0.05, 0) is 6.07 Å². The number of halogens is 3. The molecule has 1 rings (SSSR count). The molecule has 5 nitrogen and oxygen atoms in total. The normalized spacial score (nSPS) is 10.5. The van der Waals surface area contributed by atoms with Gasteiger partial charge < -0.3 is 18.1 Å².